The van der Waals surface area contributed by atoms with E-state index in [-0.39, 0.29) is 30.1 Å². The summed E-state index contributed by atoms with van der Waals surface area (Å²) in [6.45, 7) is 9.26. The third-order valence-electron chi connectivity index (χ3n) is 6.54. The minimum absolute atomic E-state index is 0.146. The Kier molecular flexibility index (Phi) is 14.2. The molecule has 0 bridgehead atoms. The number of aliphatic hydroxyl groups is 2. The third kappa shape index (κ3) is 10.6. The quantitative estimate of drug-likeness (QED) is 0.241. The van der Waals surface area contributed by atoms with Gasteiger partial charge in [-0.15, -0.1) is 0 Å². The lowest BCUT2D eigenvalue weighted by Crippen LogP contribution is -2.51. The van der Waals surface area contributed by atoms with Crippen LogP contribution in [0.1, 0.15) is 84.7 Å². The first kappa shape index (κ1) is 33.3. The molecular weight excluding hydrogens is 518 g/mol. The first-order valence-corrected chi connectivity index (χ1v) is 14.2. The molecule has 9 heteroatoms. The van der Waals surface area contributed by atoms with Crippen molar-refractivity contribution in [2.24, 2.45) is 0 Å². The molecule has 2 aromatic rings. The average molecular weight is 563 g/mol. The molecule has 0 saturated heterocycles. The predicted octanol–water partition coefficient (Wildman–Crippen LogP) is 4.81. The molecule has 3 N–H and O–H groups in total. The van der Waals surface area contributed by atoms with Crippen molar-refractivity contribution in [1.29, 1.82) is 0 Å². The van der Waals surface area contributed by atoms with Gasteiger partial charge >= 0.3 is 0 Å². The van der Waals surface area contributed by atoms with E-state index in [0.717, 1.165) is 50.3 Å². The number of hydrogen-bond donors (Lipinski definition) is 3. The predicted molar refractivity (Wildman–Crippen MR) is 151 cm³/mol. The summed E-state index contributed by atoms with van der Waals surface area (Å²) >= 11 is 0. The zero-order valence-corrected chi connectivity index (χ0v) is 24.1. The molecule has 2 aromatic carbocycles. The number of aryl methyl sites for hydroxylation is 1. The van der Waals surface area contributed by atoms with Crippen molar-refractivity contribution in [3.63, 3.8) is 0 Å². The Hall–Kier alpha value is -2.88. The lowest BCUT2D eigenvalue weighted by molar-refractivity contribution is -0.0511. The van der Waals surface area contributed by atoms with Gasteiger partial charge in [-0.2, -0.15) is 0 Å². The van der Waals surface area contributed by atoms with Gasteiger partial charge in [0.1, 0.15) is 23.8 Å². The van der Waals surface area contributed by atoms with Crippen LogP contribution in [0, 0.1) is 18.6 Å². The first-order valence-electron chi connectivity index (χ1n) is 14.2. The van der Waals surface area contributed by atoms with Crippen LogP contribution in [0.4, 0.5) is 8.78 Å². The average Bonchev–Trinajstić information content (AvgIpc) is 2.90. The fraction of sp³-hybridized carbons (Fsp3) is 0.548. The minimum atomic E-state index is -1.49. The molecule has 0 aromatic heterocycles. The Morgan fingerprint density at radius 2 is 1.52 bits per heavy atom. The fourth-order valence-corrected chi connectivity index (χ4v) is 4.59. The number of rotatable bonds is 17. The van der Waals surface area contributed by atoms with E-state index in [1.54, 1.807) is 24.0 Å². The van der Waals surface area contributed by atoms with Crippen LogP contribution in [0.25, 0.3) is 0 Å². The lowest BCUT2D eigenvalue weighted by Gasteiger charge is -2.28. The second kappa shape index (κ2) is 17.0. The van der Waals surface area contributed by atoms with Crippen LogP contribution in [-0.2, 0) is 11.2 Å². The molecule has 222 valence electrons. The largest absolute Gasteiger partial charge is 0.388 e. The number of ether oxygens (including phenoxy) is 1. The molecule has 0 fully saturated rings. The van der Waals surface area contributed by atoms with Gasteiger partial charge in [0.05, 0.1) is 12.6 Å². The van der Waals surface area contributed by atoms with Crippen LogP contribution in [0.3, 0.4) is 0 Å². The molecule has 0 heterocycles. The highest BCUT2D eigenvalue weighted by molar-refractivity contribution is 6.00. The maximum absolute atomic E-state index is 13.9. The maximum atomic E-state index is 13.9. The van der Waals surface area contributed by atoms with E-state index in [0.29, 0.717) is 30.8 Å². The number of aliphatic hydroxyl groups excluding tert-OH is 2. The van der Waals surface area contributed by atoms with E-state index in [2.05, 4.69) is 12.2 Å². The van der Waals surface area contributed by atoms with Gasteiger partial charge in [-0.25, -0.2) is 8.78 Å². The van der Waals surface area contributed by atoms with Gasteiger partial charge in [0.25, 0.3) is 11.8 Å². The first-order chi connectivity index (χ1) is 19.1. The molecular formula is C31H44F2N2O5. The molecule has 0 saturated carbocycles. The van der Waals surface area contributed by atoms with E-state index in [1.165, 1.54) is 6.07 Å². The van der Waals surface area contributed by atoms with Crippen LogP contribution in [0.15, 0.2) is 36.4 Å². The number of nitrogens with one attached hydrogen (secondary N) is 1. The lowest BCUT2D eigenvalue weighted by atomic mass is 9.96. The second-order valence-corrected chi connectivity index (χ2v) is 10.3. The molecule has 0 spiro atoms. The van der Waals surface area contributed by atoms with Crippen molar-refractivity contribution in [3.05, 3.63) is 70.3 Å². The third-order valence-corrected chi connectivity index (χ3v) is 6.54. The van der Waals surface area contributed by atoms with E-state index in [1.807, 2.05) is 13.8 Å². The van der Waals surface area contributed by atoms with E-state index in [9.17, 15) is 28.6 Å². The number of nitrogens with zero attached hydrogens (tertiary/aromatic N) is 1. The van der Waals surface area contributed by atoms with Gasteiger partial charge in [-0.1, -0.05) is 33.6 Å². The molecule has 2 rings (SSSR count). The van der Waals surface area contributed by atoms with Crippen molar-refractivity contribution in [2.45, 2.75) is 84.5 Å². The molecule has 3 atom stereocenters. The van der Waals surface area contributed by atoms with Crippen molar-refractivity contribution < 1.29 is 33.3 Å². The fourth-order valence-electron chi connectivity index (χ4n) is 4.59. The van der Waals surface area contributed by atoms with Gasteiger partial charge in [0.2, 0.25) is 0 Å². The van der Waals surface area contributed by atoms with Crippen LogP contribution < -0.4 is 5.32 Å². The zero-order chi connectivity index (χ0) is 29.7. The SMILES string of the molecule is CCCCCOCC(O)[C@H](O)[C@H](Cc1cc(F)cc(F)c1)NC(=O)c1cc(C)cc(C(=O)N(CCC)CCC)c1. The summed E-state index contributed by atoms with van der Waals surface area (Å²) in [6.07, 6.45) is 1.41. The molecule has 40 heavy (non-hydrogen) atoms. The summed E-state index contributed by atoms with van der Waals surface area (Å²) in [4.78, 5) is 28.3. The van der Waals surface area contributed by atoms with Gasteiger partial charge in [0, 0.05) is 36.9 Å². The number of halogens is 2. The Morgan fingerprint density at radius 1 is 0.900 bits per heavy atom. The Labute approximate surface area is 236 Å². The van der Waals surface area contributed by atoms with Crippen molar-refractivity contribution in [1.82, 2.24) is 10.2 Å². The highest BCUT2D eigenvalue weighted by atomic mass is 19.1. The van der Waals surface area contributed by atoms with E-state index in [4.69, 9.17) is 4.74 Å². The molecule has 0 radical (unpaired) electrons. The smallest absolute Gasteiger partial charge is 0.253 e. The van der Waals surface area contributed by atoms with Crippen LogP contribution in [0.5, 0.6) is 0 Å². The van der Waals surface area contributed by atoms with E-state index < -0.39 is 35.8 Å². The zero-order valence-electron chi connectivity index (χ0n) is 24.1. The normalized spacial score (nSPS) is 13.5. The van der Waals surface area contributed by atoms with Crippen LogP contribution in [0.2, 0.25) is 0 Å². The molecule has 7 nitrogen and oxygen atoms in total. The van der Waals surface area contributed by atoms with Gasteiger partial charge in [-0.05, 0) is 74.1 Å². The minimum Gasteiger partial charge on any atom is -0.388 e. The van der Waals surface area contributed by atoms with Crippen molar-refractivity contribution in [2.75, 3.05) is 26.3 Å². The van der Waals surface area contributed by atoms with Gasteiger partial charge in [-0.3, -0.25) is 9.59 Å². The number of benzene rings is 2. The Morgan fingerprint density at radius 3 is 2.12 bits per heavy atom. The molecule has 2 amide bonds. The van der Waals surface area contributed by atoms with Gasteiger partial charge in [0.15, 0.2) is 0 Å². The van der Waals surface area contributed by atoms with Gasteiger partial charge < -0.3 is 25.2 Å². The summed E-state index contributed by atoms with van der Waals surface area (Å²) in [5, 5.41) is 24.3. The number of unbranched alkanes of at least 4 members (excludes halogenated alkanes) is 2. The second-order valence-electron chi connectivity index (χ2n) is 10.3. The van der Waals surface area contributed by atoms with Crippen molar-refractivity contribution >= 4 is 11.8 Å². The van der Waals surface area contributed by atoms with Crippen molar-refractivity contribution in [3.8, 4) is 0 Å². The summed E-state index contributed by atoms with van der Waals surface area (Å²) in [5.74, 6) is -2.35. The summed E-state index contributed by atoms with van der Waals surface area (Å²) in [5.41, 5.74) is 1.47. The summed E-state index contributed by atoms with van der Waals surface area (Å²) < 4.78 is 33.2. The highest BCUT2D eigenvalue weighted by Gasteiger charge is 2.29. The Bertz CT molecular complexity index is 1070. The summed E-state index contributed by atoms with van der Waals surface area (Å²) in [6, 6.07) is 6.71. The van der Waals surface area contributed by atoms with Crippen LogP contribution >= 0.6 is 0 Å². The maximum Gasteiger partial charge on any atom is 0.253 e. The topological polar surface area (TPSA) is 99.1 Å². The number of amides is 2. The standard InChI is InChI=1S/C31H44F2N2O5/c1-5-8-9-12-40-20-28(36)29(37)27(17-22-15-25(32)19-26(33)16-22)34-30(38)23-13-21(4)14-24(18-23)31(39)35(10-6-2)11-7-3/h13-16,18-19,27-29,36-37H,5-12,17,20H2,1-4H3,(H,34,38)/t27-,28?,29+/m0/s1. The van der Waals surface area contributed by atoms with E-state index >= 15 is 0 Å². The molecule has 0 aliphatic carbocycles. The number of hydrogen-bond acceptors (Lipinski definition) is 5. The molecule has 0 aliphatic rings. The Balaban J connectivity index is 2.28. The monoisotopic (exact) mass is 562 g/mol. The number of carbonyl (C=O) groups is 2. The molecule has 1 unspecified atom stereocenters. The van der Waals surface area contributed by atoms with Crippen LogP contribution in [-0.4, -0.2) is 71.5 Å². The molecule has 0 aliphatic heterocycles. The summed E-state index contributed by atoms with van der Waals surface area (Å²) in [7, 11) is 0. The number of carbonyl (C=O) groups excluding carboxylic acids is 2. The highest BCUT2D eigenvalue weighted by Crippen LogP contribution is 2.17.